The zero-order valence-corrected chi connectivity index (χ0v) is 22.2. The number of pyridine rings is 1. The Labute approximate surface area is 222 Å². The third-order valence-electron chi connectivity index (χ3n) is 6.63. The number of hydrogen-bond donors (Lipinski definition) is 2. The molecule has 1 fully saturated rings. The van der Waals surface area contributed by atoms with E-state index in [1.165, 1.54) is 0 Å². The summed E-state index contributed by atoms with van der Waals surface area (Å²) < 4.78 is 10.8. The first-order valence-corrected chi connectivity index (χ1v) is 12.6. The van der Waals surface area contributed by atoms with Gasteiger partial charge >= 0.3 is 6.09 Å². The van der Waals surface area contributed by atoms with E-state index in [-0.39, 0.29) is 18.7 Å². The molecule has 2 aliphatic rings. The standard InChI is InChI=1S/C28H33N5O5/c1-27(2,3)38-26(36)32-28(9-11-37-12-10-28)25(35)31-22(15-29)13-18-5-7-19(8-6-18)20-14-21-17-33(4)24(34)23(21)30-16-20/h5-8,14,16,22H,9-13,17H2,1-4H3,(H,31,35)(H,32,36)/t22-/m0/s1. The Morgan fingerprint density at radius 1 is 1.21 bits per heavy atom. The van der Waals surface area contributed by atoms with Gasteiger partial charge in [0.05, 0.1) is 6.07 Å². The van der Waals surface area contributed by atoms with Crippen LogP contribution in [0, 0.1) is 11.3 Å². The monoisotopic (exact) mass is 519 g/mol. The van der Waals surface area contributed by atoms with Crippen LogP contribution in [0.1, 0.15) is 55.2 Å². The highest BCUT2D eigenvalue weighted by molar-refractivity contribution is 5.96. The van der Waals surface area contributed by atoms with E-state index < -0.39 is 29.2 Å². The molecule has 0 unspecified atom stereocenters. The second-order valence-electron chi connectivity index (χ2n) is 10.8. The molecule has 4 rings (SSSR count). The van der Waals surface area contributed by atoms with Crippen LogP contribution in [0.4, 0.5) is 4.79 Å². The van der Waals surface area contributed by atoms with Crippen LogP contribution < -0.4 is 10.6 Å². The van der Waals surface area contributed by atoms with Gasteiger partial charge in [-0.2, -0.15) is 5.26 Å². The minimum atomic E-state index is -1.21. The van der Waals surface area contributed by atoms with Crippen molar-refractivity contribution >= 4 is 17.9 Å². The maximum atomic E-state index is 13.3. The number of alkyl carbamates (subject to hydrolysis) is 1. The first-order chi connectivity index (χ1) is 18.0. The average Bonchev–Trinajstić information content (AvgIpc) is 3.15. The molecule has 0 aliphatic carbocycles. The van der Waals surface area contributed by atoms with E-state index in [1.807, 2.05) is 30.3 Å². The normalized spacial score (nSPS) is 17.2. The Morgan fingerprint density at radius 3 is 2.53 bits per heavy atom. The van der Waals surface area contributed by atoms with Crippen molar-refractivity contribution < 1.29 is 23.9 Å². The van der Waals surface area contributed by atoms with Gasteiger partial charge in [-0.15, -0.1) is 0 Å². The predicted molar refractivity (Wildman–Crippen MR) is 139 cm³/mol. The summed E-state index contributed by atoms with van der Waals surface area (Å²) in [5.74, 6) is -0.506. The molecule has 0 bridgehead atoms. The third-order valence-corrected chi connectivity index (χ3v) is 6.63. The number of aromatic nitrogens is 1. The molecule has 1 aromatic heterocycles. The zero-order valence-electron chi connectivity index (χ0n) is 22.2. The molecule has 0 radical (unpaired) electrons. The number of nitrogens with one attached hydrogen (secondary N) is 2. The smallest absolute Gasteiger partial charge is 0.408 e. The van der Waals surface area contributed by atoms with Gasteiger partial charge in [-0.1, -0.05) is 24.3 Å². The lowest BCUT2D eigenvalue weighted by Gasteiger charge is -2.37. The molecular weight excluding hydrogens is 486 g/mol. The molecule has 10 heteroatoms. The van der Waals surface area contributed by atoms with E-state index in [1.54, 1.807) is 38.9 Å². The number of nitriles is 1. The molecular formula is C28H33N5O5. The fraction of sp³-hybridized carbons (Fsp3) is 0.464. The third kappa shape index (κ3) is 6.11. The van der Waals surface area contributed by atoms with Gasteiger partial charge in [-0.25, -0.2) is 4.79 Å². The lowest BCUT2D eigenvalue weighted by Crippen LogP contribution is -2.63. The maximum Gasteiger partial charge on any atom is 0.408 e. The van der Waals surface area contributed by atoms with Crippen molar-refractivity contribution in [2.24, 2.45) is 0 Å². The zero-order chi connectivity index (χ0) is 27.5. The van der Waals surface area contributed by atoms with Crippen LogP contribution >= 0.6 is 0 Å². The Kier molecular flexibility index (Phi) is 7.69. The number of carbonyl (C=O) groups is 3. The van der Waals surface area contributed by atoms with Crippen LogP contribution in [0.2, 0.25) is 0 Å². The molecule has 3 heterocycles. The summed E-state index contributed by atoms with van der Waals surface area (Å²) >= 11 is 0. The van der Waals surface area contributed by atoms with Crippen LogP contribution in [-0.4, -0.2) is 65.2 Å². The predicted octanol–water partition coefficient (Wildman–Crippen LogP) is 2.96. The minimum Gasteiger partial charge on any atom is -0.444 e. The van der Waals surface area contributed by atoms with Crippen LogP contribution in [0.25, 0.3) is 11.1 Å². The molecule has 0 saturated carbocycles. The molecule has 2 aliphatic heterocycles. The largest absolute Gasteiger partial charge is 0.444 e. The number of nitrogens with zero attached hydrogens (tertiary/aromatic N) is 3. The highest BCUT2D eigenvalue weighted by Gasteiger charge is 2.43. The summed E-state index contributed by atoms with van der Waals surface area (Å²) in [6, 6.07) is 11.0. The molecule has 0 spiro atoms. The number of fused-ring (bicyclic) bond motifs is 1. The van der Waals surface area contributed by atoms with Gasteiger partial charge in [0, 0.05) is 63.4 Å². The fourth-order valence-electron chi connectivity index (χ4n) is 4.61. The van der Waals surface area contributed by atoms with Crippen molar-refractivity contribution in [3.05, 3.63) is 53.3 Å². The summed E-state index contributed by atoms with van der Waals surface area (Å²) in [5, 5.41) is 15.3. The van der Waals surface area contributed by atoms with Crippen molar-refractivity contribution in [1.82, 2.24) is 20.5 Å². The van der Waals surface area contributed by atoms with Gasteiger partial charge in [0.1, 0.15) is 22.9 Å². The number of ether oxygens (including phenoxy) is 2. The molecule has 1 aromatic carbocycles. The number of rotatable bonds is 6. The molecule has 3 amide bonds. The van der Waals surface area contributed by atoms with Crippen LogP contribution in [-0.2, 0) is 27.2 Å². The van der Waals surface area contributed by atoms with E-state index >= 15 is 0 Å². The van der Waals surface area contributed by atoms with E-state index in [0.717, 1.165) is 22.3 Å². The second-order valence-corrected chi connectivity index (χ2v) is 10.8. The van der Waals surface area contributed by atoms with E-state index in [4.69, 9.17) is 9.47 Å². The molecule has 1 atom stereocenters. The minimum absolute atomic E-state index is 0.0738. The van der Waals surface area contributed by atoms with Crippen molar-refractivity contribution in [2.75, 3.05) is 20.3 Å². The van der Waals surface area contributed by atoms with E-state index in [2.05, 4.69) is 21.7 Å². The van der Waals surface area contributed by atoms with Gasteiger partial charge in [-0.3, -0.25) is 14.6 Å². The Hall–Kier alpha value is -3.97. The van der Waals surface area contributed by atoms with Gasteiger partial charge in [0.25, 0.3) is 5.91 Å². The number of benzene rings is 1. The van der Waals surface area contributed by atoms with Crippen LogP contribution in [0.3, 0.4) is 0 Å². The molecule has 10 nitrogen and oxygen atoms in total. The van der Waals surface area contributed by atoms with Gasteiger partial charge in [-0.05, 0) is 38.0 Å². The SMILES string of the molecule is CN1Cc2cc(-c3ccc(C[C@@H](C#N)NC(=O)C4(NC(=O)OC(C)(C)C)CCOCC4)cc3)cnc2C1=O. The van der Waals surface area contributed by atoms with E-state index in [9.17, 15) is 19.6 Å². The Morgan fingerprint density at radius 2 is 1.89 bits per heavy atom. The molecule has 2 N–H and O–H groups in total. The highest BCUT2D eigenvalue weighted by atomic mass is 16.6. The molecule has 2 aromatic rings. The van der Waals surface area contributed by atoms with Crippen molar-refractivity contribution in [2.45, 2.75) is 63.8 Å². The Bertz CT molecular complexity index is 1260. The quantitative estimate of drug-likeness (QED) is 0.599. The lowest BCUT2D eigenvalue weighted by atomic mass is 9.88. The number of hydrogen-bond acceptors (Lipinski definition) is 7. The number of amides is 3. The van der Waals surface area contributed by atoms with Crippen molar-refractivity contribution in [3.63, 3.8) is 0 Å². The van der Waals surface area contributed by atoms with Gasteiger partial charge in [0.2, 0.25) is 5.91 Å². The van der Waals surface area contributed by atoms with Crippen LogP contribution in [0.15, 0.2) is 36.5 Å². The highest BCUT2D eigenvalue weighted by Crippen LogP contribution is 2.27. The lowest BCUT2D eigenvalue weighted by molar-refractivity contribution is -0.132. The first kappa shape index (κ1) is 27.1. The van der Waals surface area contributed by atoms with E-state index in [0.29, 0.717) is 31.9 Å². The molecule has 38 heavy (non-hydrogen) atoms. The summed E-state index contributed by atoms with van der Waals surface area (Å²) in [6.45, 7) is 6.41. The molecule has 1 saturated heterocycles. The Balaban J connectivity index is 1.42. The van der Waals surface area contributed by atoms with Gasteiger partial charge in [0.15, 0.2) is 0 Å². The summed E-state index contributed by atoms with van der Waals surface area (Å²) in [6.07, 6.45) is 1.86. The second kappa shape index (κ2) is 10.8. The number of carbonyl (C=O) groups excluding carboxylic acids is 3. The topological polar surface area (TPSA) is 134 Å². The summed E-state index contributed by atoms with van der Waals surface area (Å²) in [4.78, 5) is 43.9. The summed E-state index contributed by atoms with van der Waals surface area (Å²) in [5.41, 5.74) is 2.17. The van der Waals surface area contributed by atoms with Crippen molar-refractivity contribution in [3.8, 4) is 17.2 Å². The average molecular weight is 520 g/mol. The van der Waals surface area contributed by atoms with Gasteiger partial charge < -0.3 is 25.0 Å². The maximum absolute atomic E-state index is 13.3. The van der Waals surface area contributed by atoms with Crippen LogP contribution in [0.5, 0.6) is 0 Å². The summed E-state index contributed by atoms with van der Waals surface area (Å²) in [7, 11) is 1.75. The molecule has 200 valence electrons. The first-order valence-electron chi connectivity index (χ1n) is 12.6. The van der Waals surface area contributed by atoms with Crippen molar-refractivity contribution in [1.29, 1.82) is 5.26 Å². The fourth-order valence-corrected chi connectivity index (χ4v) is 4.61.